The monoisotopic (exact) mass is 442 g/mol. The van der Waals surface area contributed by atoms with Gasteiger partial charge in [0, 0.05) is 10.8 Å². The second-order valence-electron chi connectivity index (χ2n) is 10.6. The summed E-state index contributed by atoms with van der Waals surface area (Å²) in [5.41, 5.74) is 6.32. The molecule has 4 atom stereocenters. The molecule has 1 saturated carbocycles. The van der Waals surface area contributed by atoms with Crippen molar-refractivity contribution in [2.75, 3.05) is 0 Å². The molecule has 0 N–H and O–H groups in total. The first-order valence-electron chi connectivity index (χ1n) is 11.5. The highest BCUT2D eigenvalue weighted by Crippen LogP contribution is 2.57. The molecule has 2 aromatic carbocycles. The molecule has 0 spiro atoms. The number of aryl methyl sites for hydroxylation is 4. The fraction of sp³-hybridized carbons (Fsp3) is 0.556. The van der Waals surface area contributed by atoms with Crippen molar-refractivity contribution < 1.29 is 4.57 Å². The molecule has 0 aliphatic heterocycles. The maximum Gasteiger partial charge on any atom is 0.0844 e. The summed E-state index contributed by atoms with van der Waals surface area (Å²) in [6, 6.07) is 14.2. The summed E-state index contributed by atoms with van der Waals surface area (Å²) >= 11 is 0. The lowest BCUT2D eigenvalue weighted by Crippen LogP contribution is -2.31. The first kappa shape index (κ1) is 23.8. The SMILES string of the molecule is Cc1cc(C)cc(P(c2cc(C)cc(C)c2)[C@H](C)[C@@H]2CCC[C@@H]2[PH](=O)C(C)(C)C)c1. The third-order valence-corrected chi connectivity index (χ3v) is 12.3. The summed E-state index contributed by atoms with van der Waals surface area (Å²) < 4.78 is 13.5. The Labute approximate surface area is 186 Å². The lowest BCUT2D eigenvalue weighted by atomic mass is 10.0. The predicted molar refractivity (Wildman–Crippen MR) is 137 cm³/mol. The Bertz CT molecular complexity index is 833. The zero-order valence-electron chi connectivity index (χ0n) is 20.2. The third-order valence-electron chi connectivity index (χ3n) is 6.64. The van der Waals surface area contributed by atoms with Crippen LogP contribution in [0.25, 0.3) is 0 Å². The van der Waals surface area contributed by atoms with Crippen molar-refractivity contribution in [3.63, 3.8) is 0 Å². The van der Waals surface area contributed by atoms with E-state index in [9.17, 15) is 4.57 Å². The van der Waals surface area contributed by atoms with E-state index in [4.69, 9.17) is 0 Å². The van der Waals surface area contributed by atoms with Gasteiger partial charge in [0.2, 0.25) is 0 Å². The lowest BCUT2D eigenvalue weighted by molar-refractivity contribution is 0.504. The standard InChI is InChI=1S/C27H40OP2/c1-18-12-19(2)15-23(14-18)29(24-16-20(3)13-21(4)17-24)22(5)25-10-9-11-26(25)30(28)27(6,7)8/h12-17,22,25-26,30H,9-11H2,1-8H3/t22-,25+,26+/m1/s1. The quantitative estimate of drug-likeness (QED) is 0.445. The molecule has 1 nitrogen and oxygen atoms in total. The van der Waals surface area contributed by atoms with Crippen LogP contribution in [0.4, 0.5) is 0 Å². The summed E-state index contributed by atoms with van der Waals surface area (Å²) in [5.74, 6) is 0.559. The highest BCUT2D eigenvalue weighted by molar-refractivity contribution is 7.73. The Kier molecular flexibility index (Phi) is 7.37. The molecule has 1 aliphatic carbocycles. The Balaban J connectivity index is 2.08. The molecular formula is C27H40OP2. The van der Waals surface area contributed by atoms with E-state index < -0.39 is 15.7 Å². The van der Waals surface area contributed by atoms with E-state index in [1.165, 1.54) is 45.7 Å². The van der Waals surface area contributed by atoms with E-state index in [0.717, 1.165) is 6.42 Å². The van der Waals surface area contributed by atoms with Crippen LogP contribution in [-0.2, 0) is 4.57 Å². The molecule has 3 rings (SSSR count). The van der Waals surface area contributed by atoms with E-state index in [2.05, 4.69) is 91.8 Å². The number of rotatable bonds is 5. The molecular weight excluding hydrogens is 402 g/mol. The maximum atomic E-state index is 13.5. The van der Waals surface area contributed by atoms with Gasteiger partial charge in [-0.05, 0) is 70.6 Å². The van der Waals surface area contributed by atoms with E-state index in [1.54, 1.807) is 0 Å². The van der Waals surface area contributed by atoms with Crippen molar-refractivity contribution in [3.05, 3.63) is 58.7 Å². The molecule has 164 valence electrons. The summed E-state index contributed by atoms with van der Waals surface area (Å²) in [4.78, 5) is 0. The van der Waals surface area contributed by atoms with E-state index in [1.807, 2.05) is 0 Å². The predicted octanol–water partition coefficient (Wildman–Crippen LogP) is 7.27. The van der Waals surface area contributed by atoms with Crippen LogP contribution >= 0.6 is 15.7 Å². The molecule has 1 fully saturated rings. The van der Waals surface area contributed by atoms with E-state index >= 15 is 0 Å². The van der Waals surface area contributed by atoms with Crippen LogP contribution in [0.5, 0.6) is 0 Å². The van der Waals surface area contributed by atoms with Crippen molar-refractivity contribution >= 4 is 26.3 Å². The first-order chi connectivity index (χ1) is 14.0. The first-order valence-corrected chi connectivity index (χ1v) is 14.4. The minimum atomic E-state index is -1.64. The van der Waals surface area contributed by atoms with Crippen LogP contribution in [0.15, 0.2) is 36.4 Å². The minimum absolute atomic E-state index is 0.0692. The molecule has 0 heterocycles. The minimum Gasteiger partial charge on any atom is -0.326 e. The van der Waals surface area contributed by atoms with Gasteiger partial charge in [0.15, 0.2) is 0 Å². The van der Waals surface area contributed by atoms with Gasteiger partial charge in [0.25, 0.3) is 0 Å². The van der Waals surface area contributed by atoms with Crippen molar-refractivity contribution in [1.82, 2.24) is 0 Å². The molecule has 0 saturated heterocycles. The van der Waals surface area contributed by atoms with E-state index in [0.29, 0.717) is 17.2 Å². The summed E-state index contributed by atoms with van der Waals surface area (Å²) in [6.45, 7) is 17.8. The Morgan fingerprint density at radius 3 is 1.67 bits per heavy atom. The van der Waals surface area contributed by atoms with Crippen LogP contribution in [0.2, 0.25) is 0 Å². The van der Waals surface area contributed by atoms with Crippen molar-refractivity contribution in [3.8, 4) is 0 Å². The number of hydrogen-bond acceptors (Lipinski definition) is 1. The Hall–Kier alpha value is -0.900. The van der Waals surface area contributed by atoms with Gasteiger partial charge in [-0.2, -0.15) is 0 Å². The van der Waals surface area contributed by atoms with Gasteiger partial charge < -0.3 is 4.57 Å². The molecule has 0 aromatic heterocycles. The van der Waals surface area contributed by atoms with Gasteiger partial charge in [0.1, 0.15) is 0 Å². The van der Waals surface area contributed by atoms with Gasteiger partial charge >= 0.3 is 0 Å². The Morgan fingerprint density at radius 1 is 0.833 bits per heavy atom. The maximum absolute atomic E-state index is 13.5. The summed E-state index contributed by atoms with van der Waals surface area (Å²) in [7, 11) is -2.14. The number of hydrogen-bond donors (Lipinski definition) is 0. The van der Waals surface area contributed by atoms with Crippen LogP contribution in [-0.4, -0.2) is 16.5 Å². The van der Waals surface area contributed by atoms with Crippen LogP contribution in [0.3, 0.4) is 0 Å². The topological polar surface area (TPSA) is 17.1 Å². The fourth-order valence-corrected chi connectivity index (χ4v) is 11.4. The Morgan fingerprint density at radius 2 is 1.27 bits per heavy atom. The van der Waals surface area contributed by atoms with Crippen LogP contribution in [0, 0.1) is 33.6 Å². The molecule has 0 radical (unpaired) electrons. The number of benzene rings is 2. The molecule has 3 heteroatoms. The van der Waals surface area contributed by atoms with Gasteiger partial charge in [-0.25, -0.2) is 0 Å². The molecule has 2 aromatic rings. The van der Waals surface area contributed by atoms with Gasteiger partial charge in [0.05, 0.1) is 7.80 Å². The van der Waals surface area contributed by atoms with Crippen LogP contribution in [0.1, 0.15) is 69.2 Å². The second-order valence-corrected chi connectivity index (χ2v) is 16.2. The molecule has 0 amide bonds. The largest absolute Gasteiger partial charge is 0.326 e. The highest BCUT2D eigenvalue weighted by Gasteiger charge is 2.41. The smallest absolute Gasteiger partial charge is 0.0844 e. The zero-order chi connectivity index (χ0) is 22.2. The molecule has 0 bridgehead atoms. The molecule has 1 aliphatic rings. The normalized spacial score (nSPS) is 21.8. The summed E-state index contributed by atoms with van der Waals surface area (Å²) in [6.07, 6.45) is 3.61. The second kappa shape index (κ2) is 9.30. The van der Waals surface area contributed by atoms with Crippen molar-refractivity contribution in [1.29, 1.82) is 0 Å². The average Bonchev–Trinajstić information content (AvgIpc) is 3.08. The molecule has 1 unspecified atom stereocenters. The van der Waals surface area contributed by atoms with Gasteiger partial charge in [-0.1, -0.05) is 92.8 Å². The van der Waals surface area contributed by atoms with Crippen molar-refractivity contribution in [2.24, 2.45) is 5.92 Å². The average molecular weight is 443 g/mol. The molecule has 30 heavy (non-hydrogen) atoms. The van der Waals surface area contributed by atoms with Gasteiger partial charge in [-0.3, -0.25) is 0 Å². The third kappa shape index (κ3) is 5.29. The zero-order valence-corrected chi connectivity index (χ0v) is 22.1. The summed E-state index contributed by atoms with van der Waals surface area (Å²) in [5, 5.41) is 2.91. The van der Waals surface area contributed by atoms with E-state index in [-0.39, 0.29) is 5.16 Å². The fourth-order valence-electron chi connectivity index (χ4n) is 5.44. The lowest BCUT2D eigenvalue weighted by Gasteiger charge is -2.36. The van der Waals surface area contributed by atoms with Crippen molar-refractivity contribution in [2.45, 2.75) is 91.1 Å². The van der Waals surface area contributed by atoms with Gasteiger partial charge in [-0.15, -0.1) is 0 Å². The highest BCUT2D eigenvalue weighted by atomic mass is 31.1. The van der Waals surface area contributed by atoms with Crippen LogP contribution < -0.4 is 10.6 Å².